The van der Waals surface area contributed by atoms with Crippen LogP contribution in [0.1, 0.15) is 20.3 Å². The molecular weight excluding hydrogens is 112 g/mol. The van der Waals surface area contributed by atoms with Gasteiger partial charge in [0.05, 0.1) is 6.54 Å². The predicted octanol–water partition coefficient (Wildman–Crippen LogP) is 0.829. The maximum Gasteiger partial charge on any atom is 0.0513 e. The van der Waals surface area contributed by atoms with Gasteiger partial charge in [-0.05, 0) is 13.8 Å². The Kier molecular flexibility index (Phi) is 2.22. The van der Waals surface area contributed by atoms with Gasteiger partial charge in [0.1, 0.15) is 0 Å². The molecule has 0 aromatic heterocycles. The molecule has 9 heavy (non-hydrogen) atoms. The molecule has 0 spiro atoms. The lowest BCUT2D eigenvalue weighted by Gasteiger charge is -2.07. The first kappa shape index (κ1) is 6.75. The summed E-state index contributed by atoms with van der Waals surface area (Å²) < 4.78 is 0. The van der Waals surface area contributed by atoms with Crippen LogP contribution in [-0.4, -0.2) is 24.8 Å². The average Bonchev–Trinajstić information content (AvgIpc) is 1.93. The van der Waals surface area contributed by atoms with Gasteiger partial charge in [-0.2, -0.15) is 0 Å². The standard InChI is InChI=1S/C7H14N2/c1-6-5-7(2)9-4-3-8-6/h6,8H,3-5H2,1-2H3/t6-/m1/s1. The smallest absolute Gasteiger partial charge is 0.0513 e. The molecule has 52 valence electrons. The third-order valence-electron chi connectivity index (χ3n) is 1.59. The van der Waals surface area contributed by atoms with Gasteiger partial charge in [0.25, 0.3) is 0 Å². The minimum Gasteiger partial charge on any atom is -0.312 e. The van der Waals surface area contributed by atoms with Crippen molar-refractivity contribution in [3.8, 4) is 0 Å². The third kappa shape index (κ3) is 2.14. The quantitative estimate of drug-likeness (QED) is 0.511. The average molecular weight is 126 g/mol. The van der Waals surface area contributed by atoms with E-state index < -0.39 is 0 Å². The molecule has 0 radical (unpaired) electrons. The van der Waals surface area contributed by atoms with Crippen LogP contribution in [0.25, 0.3) is 0 Å². The van der Waals surface area contributed by atoms with Crippen LogP contribution >= 0.6 is 0 Å². The first-order chi connectivity index (χ1) is 4.29. The normalized spacial score (nSPS) is 29.1. The van der Waals surface area contributed by atoms with Gasteiger partial charge in [0.2, 0.25) is 0 Å². The Bertz CT molecular complexity index is 118. The summed E-state index contributed by atoms with van der Waals surface area (Å²) >= 11 is 0. The zero-order valence-electron chi connectivity index (χ0n) is 6.15. The molecule has 1 aliphatic heterocycles. The fourth-order valence-electron chi connectivity index (χ4n) is 1.14. The number of hydrogen-bond acceptors (Lipinski definition) is 2. The number of hydrogen-bond donors (Lipinski definition) is 1. The van der Waals surface area contributed by atoms with Crippen molar-refractivity contribution in [1.29, 1.82) is 0 Å². The van der Waals surface area contributed by atoms with Gasteiger partial charge in [0.15, 0.2) is 0 Å². The Morgan fingerprint density at radius 3 is 3.22 bits per heavy atom. The van der Waals surface area contributed by atoms with E-state index in [0.717, 1.165) is 19.5 Å². The molecule has 1 atom stereocenters. The Balaban J connectivity index is 2.44. The topological polar surface area (TPSA) is 24.4 Å². The molecule has 0 aromatic rings. The van der Waals surface area contributed by atoms with E-state index in [0.29, 0.717) is 6.04 Å². The Morgan fingerprint density at radius 2 is 2.44 bits per heavy atom. The lowest BCUT2D eigenvalue weighted by atomic mass is 10.2. The first-order valence-electron chi connectivity index (χ1n) is 3.52. The minimum atomic E-state index is 0.622. The van der Waals surface area contributed by atoms with Crippen LogP contribution in [0.2, 0.25) is 0 Å². The molecule has 2 heteroatoms. The monoisotopic (exact) mass is 126 g/mol. The molecule has 0 unspecified atom stereocenters. The molecule has 1 N–H and O–H groups in total. The van der Waals surface area contributed by atoms with Gasteiger partial charge in [-0.15, -0.1) is 0 Å². The van der Waals surface area contributed by atoms with Gasteiger partial charge >= 0.3 is 0 Å². The van der Waals surface area contributed by atoms with E-state index in [1.165, 1.54) is 5.71 Å². The van der Waals surface area contributed by atoms with Crippen molar-refractivity contribution >= 4 is 5.71 Å². The van der Waals surface area contributed by atoms with E-state index in [1.807, 2.05) is 0 Å². The zero-order valence-corrected chi connectivity index (χ0v) is 6.15. The van der Waals surface area contributed by atoms with Crippen LogP contribution in [0.4, 0.5) is 0 Å². The Hall–Kier alpha value is -0.370. The lowest BCUT2D eigenvalue weighted by Crippen LogP contribution is -2.27. The Labute approximate surface area is 56.4 Å². The second-order valence-corrected chi connectivity index (χ2v) is 2.68. The van der Waals surface area contributed by atoms with Crippen LogP contribution in [0.15, 0.2) is 4.99 Å². The van der Waals surface area contributed by atoms with Gasteiger partial charge < -0.3 is 5.32 Å². The molecule has 0 saturated carbocycles. The maximum absolute atomic E-state index is 4.33. The molecular formula is C7H14N2. The molecule has 1 aliphatic rings. The minimum absolute atomic E-state index is 0.622. The summed E-state index contributed by atoms with van der Waals surface area (Å²) in [5, 5.41) is 3.36. The van der Waals surface area contributed by atoms with E-state index in [-0.39, 0.29) is 0 Å². The predicted molar refractivity (Wildman–Crippen MR) is 40.1 cm³/mol. The van der Waals surface area contributed by atoms with E-state index in [9.17, 15) is 0 Å². The largest absolute Gasteiger partial charge is 0.312 e. The molecule has 0 saturated heterocycles. The summed E-state index contributed by atoms with van der Waals surface area (Å²) in [6.45, 7) is 6.29. The van der Waals surface area contributed by atoms with Crippen molar-refractivity contribution in [2.75, 3.05) is 13.1 Å². The van der Waals surface area contributed by atoms with Gasteiger partial charge in [0, 0.05) is 24.7 Å². The fraction of sp³-hybridized carbons (Fsp3) is 0.857. The van der Waals surface area contributed by atoms with Gasteiger partial charge in [-0.3, -0.25) is 4.99 Å². The van der Waals surface area contributed by atoms with E-state index in [2.05, 4.69) is 24.2 Å². The third-order valence-corrected chi connectivity index (χ3v) is 1.59. The van der Waals surface area contributed by atoms with Crippen LogP contribution < -0.4 is 5.32 Å². The molecule has 0 bridgehead atoms. The number of nitrogens with zero attached hydrogens (tertiary/aromatic N) is 1. The van der Waals surface area contributed by atoms with Crippen molar-refractivity contribution in [1.82, 2.24) is 5.32 Å². The van der Waals surface area contributed by atoms with Crippen LogP contribution in [0.3, 0.4) is 0 Å². The highest BCUT2D eigenvalue weighted by Gasteiger charge is 2.04. The summed E-state index contributed by atoms with van der Waals surface area (Å²) in [4.78, 5) is 4.33. The molecule has 0 aliphatic carbocycles. The molecule has 1 heterocycles. The van der Waals surface area contributed by atoms with Crippen molar-refractivity contribution in [2.24, 2.45) is 4.99 Å². The number of aliphatic imine (C=N–C) groups is 1. The SMILES string of the molecule is CC1=NCCN[C@H](C)C1. The highest BCUT2D eigenvalue weighted by Crippen LogP contribution is 1.96. The molecule has 0 aromatic carbocycles. The van der Waals surface area contributed by atoms with Crippen molar-refractivity contribution in [3.63, 3.8) is 0 Å². The summed E-state index contributed by atoms with van der Waals surface area (Å²) in [7, 11) is 0. The van der Waals surface area contributed by atoms with Crippen LogP contribution in [0.5, 0.6) is 0 Å². The maximum atomic E-state index is 4.33. The first-order valence-corrected chi connectivity index (χ1v) is 3.52. The van der Waals surface area contributed by atoms with Gasteiger partial charge in [-0.25, -0.2) is 0 Å². The number of rotatable bonds is 0. The Morgan fingerprint density at radius 1 is 1.67 bits per heavy atom. The molecule has 2 nitrogen and oxygen atoms in total. The van der Waals surface area contributed by atoms with E-state index in [1.54, 1.807) is 0 Å². The highest BCUT2D eigenvalue weighted by atomic mass is 14.9. The highest BCUT2D eigenvalue weighted by molar-refractivity contribution is 5.82. The summed E-state index contributed by atoms with van der Waals surface area (Å²) in [6.07, 6.45) is 1.11. The van der Waals surface area contributed by atoms with Gasteiger partial charge in [-0.1, -0.05) is 0 Å². The fourth-order valence-corrected chi connectivity index (χ4v) is 1.14. The summed E-state index contributed by atoms with van der Waals surface area (Å²) in [5.74, 6) is 0. The second-order valence-electron chi connectivity index (χ2n) is 2.68. The zero-order chi connectivity index (χ0) is 6.69. The van der Waals surface area contributed by atoms with Crippen LogP contribution in [0, 0.1) is 0 Å². The second kappa shape index (κ2) is 2.97. The molecule has 0 fully saturated rings. The van der Waals surface area contributed by atoms with E-state index in [4.69, 9.17) is 0 Å². The van der Waals surface area contributed by atoms with Crippen molar-refractivity contribution in [3.05, 3.63) is 0 Å². The number of nitrogens with one attached hydrogen (secondary N) is 1. The summed E-state index contributed by atoms with van der Waals surface area (Å²) in [5.41, 5.74) is 1.28. The van der Waals surface area contributed by atoms with E-state index >= 15 is 0 Å². The van der Waals surface area contributed by atoms with Crippen molar-refractivity contribution in [2.45, 2.75) is 26.3 Å². The molecule has 1 rings (SSSR count). The van der Waals surface area contributed by atoms with Crippen molar-refractivity contribution < 1.29 is 0 Å². The lowest BCUT2D eigenvalue weighted by molar-refractivity contribution is 0.586. The summed E-state index contributed by atoms with van der Waals surface area (Å²) in [6, 6.07) is 0.622. The van der Waals surface area contributed by atoms with Crippen LogP contribution in [-0.2, 0) is 0 Å². The molecule has 0 amide bonds.